The SMILES string of the molecule is CCNC(=O)CCc1cc(C)cc(C)c1. The molecule has 0 atom stereocenters. The van der Waals surface area contributed by atoms with Crippen LogP contribution in [0.5, 0.6) is 0 Å². The first-order chi connectivity index (χ1) is 7.11. The number of carbonyl (C=O) groups excluding carboxylic acids is 1. The van der Waals surface area contributed by atoms with Crippen molar-refractivity contribution in [3.05, 3.63) is 34.9 Å². The molecule has 0 bridgehead atoms. The molecule has 15 heavy (non-hydrogen) atoms. The van der Waals surface area contributed by atoms with Gasteiger partial charge in [0.05, 0.1) is 0 Å². The molecule has 82 valence electrons. The van der Waals surface area contributed by atoms with Crippen LogP contribution >= 0.6 is 0 Å². The molecule has 2 heteroatoms. The van der Waals surface area contributed by atoms with Gasteiger partial charge in [-0.3, -0.25) is 4.79 Å². The Kier molecular flexibility index (Phi) is 4.35. The van der Waals surface area contributed by atoms with Crippen molar-refractivity contribution in [2.45, 2.75) is 33.6 Å². The summed E-state index contributed by atoms with van der Waals surface area (Å²) in [4.78, 5) is 11.3. The lowest BCUT2D eigenvalue weighted by molar-refractivity contribution is -0.120. The number of hydrogen-bond acceptors (Lipinski definition) is 1. The highest BCUT2D eigenvalue weighted by molar-refractivity contribution is 5.76. The molecule has 0 radical (unpaired) electrons. The van der Waals surface area contributed by atoms with Crippen LogP contribution in [0.1, 0.15) is 30.0 Å². The van der Waals surface area contributed by atoms with Crippen LogP contribution in [-0.4, -0.2) is 12.5 Å². The predicted octanol–water partition coefficient (Wildman–Crippen LogP) is 2.37. The van der Waals surface area contributed by atoms with Crippen LogP contribution in [0.3, 0.4) is 0 Å². The van der Waals surface area contributed by atoms with Crippen LogP contribution < -0.4 is 5.32 Å². The maximum Gasteiger partial charge on any atom is 0.220 e. The summed E-state index contributed by atoms with van der Waals surface area (Å²) in [6, 6.07) is 6.44. The summed E-state index contributed by atoms with van der Waals surface area (Å²) in [5, 5.41) is 2.81. The van der Waals surface area contributed by atoms with Gasteiger partial charge in [0.25, 0.3) is 0 Å². The summed E-state index contributed by atoms with van der Waals surface area (Å²) in [7, 11) is 0. The maximum absolute atomic E-state index is 11.3. The van der Waals surface area contributed by atoms with E-state index in [1.165, 1.54) is 16.7 Å². The zero-order valence-electron chi connectivity index (χ0n) is 9.76. The Bertz CT molecular complexity index is 324. The summed E-state index contributed by atoms with van der Waals surface area (Å²) in [5.74, 6) is 0.136. The van der Waals surface area contributed by atoms with Crippen molar-refractivity contribution in [2.75, 3.05) is 6.54 Å². The van der Waals surface area contributed by atoms with Crippen molar-refractivity contribution in [3.8, 4) is 0 Å². The Labute approximate surface area is 91.7 Å². The lowest BCUT2D eigenvalue weighted by Crippen LogP contribution is -2.22. The van der Waals surface area contributed by atoms with E-state index in [-0.39, 0.29) is 5.91 Å². The van der Waals surface area contributed by atoms with E-state index >= 15 is 0 Å². The van der Waals surface area contributed by atoms with Crippen LogP contribution in [0.15, 0.2) is 18.2 Å². The zero-order valence-corrected chi connectivity index (χ0v) is 9.76. The molecule has 0 fully saturated rings. The van der Waals surface area contributed by atoms with E-state index in [0.29, 0.717) is 13.0 Å². The molecule has 0 heterocycles. The minimum atomic E-state index is 0.136. The van der Waals surface area contributed by atoms with Crippen LogP contribution in [-0.2, 0) is 11.2 Å². The number of carbonyl (C=O) groups is 1. The largest absolute Gasteiger partial charge is 0.356 e. The number of nitrogens with one attached hydrogen (secondary N) is 1. The normalized spacial score (nSPS) is 10.1. The average Bonchev–Trinajstić information content (AvgIpc) is 2.14. The second kappa shape index (κ2) is 5.54. The number of rotatable bonds is 4. The van der Waals surface area contributed by atoms with E-state index in [9.17, 15) is 4.79 Å². The molecule has 0 spiro atoms. The lowest BCUT2D eigenvalue weighted by atomic mass is 10.0. The van der Waals surface area contributed by atoms with E-state index in [1.54, 1.807) is 0 Å². The van der Waals surface area contributed by atoms with Gasteiger partial charge >= 0.3 is 0 Å². The summed E-state index contributed by atoms with van der Waals surface area (Å²) < 4.78 is 0. The molecule has 1 amide bonds. The molecule has 0 saturated heterocycles. The predicted molar refractivity (Wildman–Crippen MR) is 62.9 cm³/mol. The van der Waals surface area contributed by atoms with Gasteiger partial charge in [0.1, 0.15) is 0 Å². The molecule has 0 aromatic heterocycles. The first kappa shape index (κ1) is 11.8. The molecule has 1 aromatic carbocycles. The quantitative estimate of drug-likeness (QED) is 0.803. The minimum Gasteiger partial charge on any atom is -0.356 e. The molecule has 1 N–H and O–H groups in total. The molecule has 0 aliphatic rings. The monoisotopic (exact) mass is 205 g/mol. The molecule has 2 nitrogen and oxygen atoms in total. The highest BCUT2D eigenvalue weighted by atomic mass is 16.1. The van der Waals surface area contributed by atoms with Gasteiger partial charge in [-0.1, -0.05) is 29.3 Å². The Balaban J connectivity index is 2.54. The number of aryl methyl sites for hydroxylation is 3. The second-order valence-electron chi connectivity index (χ2n) is 3.95. The summed E-state index contributed by atoms with van der Waals surface area (Å²) in [5.41, 5.74) is 3.78. The van der Waals surface area contributed by atoms with Crippen molar-refractivity contribution < 1.29 is 4.79 Å². The third-order valence-corrected chi connectivity index (χ3v) is 2.30. The molecular weight excluding hydrogens is 186 g/mol. The smallest absolute Gasteiger partial charge is 0.220 e. The van der Waals surface area contributed by atoms with Gasteiger partial charge in [0.2, 0.25) is 5.91 Å². The topological polar surface area (TPSA) is 29.1 Å². The van der Waals surface area contributed by atoms with Crippen LogP contribution in [0.4, 0.5) is 0 Å². The van der Waals surface area contributed by atoms with E-state index in [2.05, 4.69) is 37.4 Å². The van der Waals surface area contributed by atoms with Crippen molar-refractivity contribution >= 4 is 5.91 Å². The molecule has 0 aliphatic carbocycles. The van der Waals surface area contributed by atoms with Crippen LogP contribution in [0, 0.1) is 13.8 Å². The fraction of sp³-hybridized carbons (Fsp3) is 0.462. The molecule has 1 rings (SSSR count). The van der Waals surface area contributed by atoms with Crippen LogP contribution in [0.25, 0.3) is 0 Å². The first-order valence-corrected chi connectivity index (χ1v) is 5.45. The molecular formula is C13H19NO. The minimum absolute atomic E-state index is 0.136. The fourth-order valence-corrected chi connectivity index (χ4v) is 1.76. The summed E-state index contributed by atoms with van der Waals surface area (Å²) >= 11 is 0. The Morgan fingerprint density at radius 2 is 1.80 bits per heavy atom. The van der Waals surface area contributed by atoms with Crippen molar-refractivity contribution in [2.24, 2.45) is 0 Å². The highest BCUT2D eigenvalue weighted by Gasteiger charge is 2.01. The number of hydrogen-bond donors (Lipinski definition) is 1. The molecule has 0 saturated carbocycles. The van der Waals surface area contributed by atoms with E-state index in [4.69, 9.17) is 0 Å². The van der Waals surface area contributed by atoms with Gasteiger partial charge in [-0.2, -0.15) is 0 Å². The van der Waals surface area contributed by atoms with Gasteiger partial charge < -0.3 is 5.32 Å². The van der Waals surface area contributed by atoms with Crippen molar-refractivity contribution in [1.29, 1.82) is 0 Å². The first-order valence-electron chi connectivity index (χ1n) is 5.45. The third kappa shape index (κ3) is 4.15. The molecule has 0 aliphatic heterocycles. The van der Waals surface area contributed by atoms with E-state index < -0.39 is 0 Å². The van der Waals surface area contributed by atoms with Gasteiger partial charge in [0, 0.05) is 13.0 Å². The Morgan fingerprint density at radius 3 is 2.33 bits per heavy atom. The van der Waals surface area contributed by atoms with Gasteiger partial charge in [-0.15, -0.1) is 0 Å². The van der Waals surface area contributed by atoms with Crippen molar-refractivity contribution in [1.82, 2.24) is 5.32 Å². The standard InChI is InChI=1S/C13H19NO/c1-4-14-13(15)6-5-12-8-10(2)7-11(3)9-12/h7-9H,4-6H2,1-3H3,(H,14,15). The Hall–Kier alpha value is -1.31. The Morgan fingerprint density at radius 1 is 1.20 bits per heavy atom. The molecule has 0 unspecified atom stereocenters. The summed E-state index contributed by atoms with van der Waals surface area (Å²) in [6.07, 6.45) is 1.41. The highest BCUT2D eigenvalue weighted by Crippen LogP contribution is 2.10. The zero-order chi connectivity index (χ0) is 11.3. The fourth-order valence-electron chi connectivity index (χ4n) is 1.76. The molecule has 1 aromatic rings. The van der Waals surface area contributed by atoms with Crippen molar-refractivity contribution in [3.63, 3.8) is 0 Å². The van der Waals surface area contributed by atoms with Gasteiger partial charge in [0.15, 0.2) is 0 Å². The average molecular weight is 205 g/mol. The third-order valence-electron chi connectivity index (χ3n) is 2.30. The van der Waals surface area contributed by atoms with E-state index in [1.807, 2.05) is 6.92 Å². The summed E-state index contributed by atoms with van der Waals surface area (Å²) in [6.45, 7) is 6.83. The lowest BCUT2D eigenvalue weighted by Gasteiger charge is -2.05. The van der Waals surface area contributed by atoms with Crippen LogP contribution in [0.2, 0.25) is 0 Å². The van der Waals surface area contributed by atoms with Gasteiger partial charge in [-0.25, -0.2) is 0 Å². The number of amides is 1. The van der Waals surface area contributed by atoms with Gasteiger partial charge in [-0.05, 0) is 32.8 Å². The number of benzene rings is 1. The second-order valence-corrected chi connectivity index (χ2v) is 3.95. The van der Waals surface area contributed by atoms with E-state index in [0.717, 1.165) is 6.42 Å². The maximum atomic E-state index is 11.3.